The van der Waals surface area contributed by atoms with Crippen LogP contribution >= 0.6 is 11.3 Å². The van der Waals surface area contributed by atoms with E-state index in [0.29, 0.717) is 17.3 Å². The topological polar surface area (TPSA) is 81.7 Å². The van der Waals surface area contributed by atoms with Crippen molar-refractivity contribution in [3.05, 3.63) is 53.9 Å². The molecule has 0 saturated heterocycles. The number of aryl methyl sites for hydroxylation is 1. The number of carbonyl (C=O) groups excluding carboxylic acids is 1. The van der Waals surface area contributed by atoms with E-state index in [1.165, 1.54) is 0 Å². The van der Waals surface area contributed by atoms with Gasteiger partial charge < -0.3 is 14.6 Å². The first kappa shape index (κ1) is 15.4. The number of thiazole rings is 1. The molecule has 0 saturated carbocycles. The van der Waals surface area contributed by atoms with Crippen molar-refractivity contribution in [2.75, 3.05) is 11.9 Å². The maximum atomic E-state index is 11.9. The van der Waals surface area contributed by atoms with E-state index in [2.05, 4.69) is 15.5 Å². The molecule has 0 bridgehead atoms. The van der Waals surface area contributed by atoms with Crippen molar-refractivity contribution in [1.29, 1.82) is 0 Å². The second-order valence-electron chi connectivity index (χ2n) is 5.41. The van der Waals surface area contributed by atoms with Crippen LogP contribution in [0.3, 0.4) is 0 Å². The lowest BCUT2D eigenvalue weighted by Crippen LogP contribution is -2.20. The standard InChI is InChI=1S/C17H14N4O3S/c1-11-8-16(20-24-11)23-10-15(22)18-13-4-2-12(3-5-13)14-9-21-6-7-25-17(21)19-14/h2-9H,10H2,1H3,(H,18,22). The fourth-order valence-corrected chi connectivity index (χ4v) is 3.04. The van der Waals surface area contributed by atoms with Crippen LogP contribution in [0.5, 0.6) is 5.88 Å². The molecule has 126 valence electrons. The molecule has 0 fully saturated rings. The van der Waals surface area contributed by atoms with Crippen LogP contribution in [0, 0.1) is 6.92 Å². The Morgan fingerprint density at radius 1 is 1.36 bits per heavy atom. The highest BCUT2D eigenvalue weighted by atomic mass is 32.1. The Kier molecular flexibility index (Phi) is 3.95. The summed E-state index contributed by atoms with van der Waals surface area (Å²) in [7, 11) is 0. The van der Waals surface area contributed by atoms with Crippen LogP contribution in [-0.4, -0.2) is 27.1 Å². The van der Waals surface area contributed by atoms with Gasteiger partial charge in [-0.2, -0.15) is 0 Å². The molecular formula is C17H14N4O3S. The number of rotatable bonds is 5. The third kappa shape index (κ3) is 3.38. The van der Waals surface area contributed by atoms with E-state index < -0.39 is 0 Å². The molecule has 0 aliphatic rings. The molecule has 4 aromatic rings. The molecule has 0 radical (unpaired) electrons. The van der Waals surface area contributed by atoms with Crippen molar-refractivity contribution >= 4 is 27.9 Å². The smallest absolute Gasteiger partial charge is 0.262 e. The number of anilines is 1. The van der Waals surface area contributed by atoms with E-state index in [1.54, 1.807) is 24.3 Å². The van der Waals surface area contributed by atoms with Gasteiger partial charge in [0.1, 0.15) is 5.76 Å². The molecule has 0 atom stereocenters. The van der Waals surface area contributed by atoms with Gasteiger partial charge in [-0.05, 0) is 24.2 Å². The largest absolute Gasteiger partial charge is 0.465 e. The zero-order valence-electron chi connectivity index (χ0n) is 13.3. The van der Waals surface area contributed by atoms with Crippen molar-refractivity contribution in [2.45, 2.75) is 6.92 Å². The first-order valence-electron chi connectivity index (χ1n) is 7.56. The van der Waals surface area contributed by atoms with Gasteiger partial charge in [-0.3, -0.25) is 9.20 Å². The number of amides is 1. The van der Waals surface area contributed by atoms with Gasteiger partial charge in [0.25, 0.3) is 11.8 Å². The van der Waals surface area contributed by atoms with Crippen LogP contribution < -0.4 is 10.1 Å². The van der Waals surface area contributed by atoms with Gasteiger partial charge in [-0.15, -0.1) is 11.3 Å². The monoisotopic (exact) mass is 354 g/mol. The molecule has 3 aromatic heterocycles. The summed E-state index contributed by atoms with van der Waals surface area (Å²) in [6, 6.07) is 9.13. The van der Waals surface area contributed by atoms with E-state index in [4.69, 9.17) is 9.26 Å². The zero-order valence-corrected chi connectivity index (χ0v) is 14.1. The fourth-order valence-electron chi connectivity index (χ4n) is 2.34. The molecule has 0 aliphatic heterocycles. The highest BCUT2D eigenvalue weighted by molar-refractivity contribution is 7.15. The second-order valence-corrected chi connectivity index (χ2v) is 6.28. The second kappa shape index (κ2) is 6.40. The number of aromatic nitrogens is 3. The summed E-state index contributed by atoms with van der Waals surface area (Å²) < 4.78 is 12.1. The predicted molar refractivity (Wildman–Crippen MR) is 93.9 cm³/mol. The number of benzene rings is 1. The quantitative estimate of drug-likeness (QED) is 0.594. The predicted octanol–water partition coefficient (Wildman–Crippen LogP) is 3.38. The van der Waals surface area contributed by atoms with Crippen LogP contribution in [0.25, 0.3) is 16.2 Å². The molecule has 4 rings (SSSR count). The molecular weight excluding hydrogens is 340 g/mol. The third-order valence-electron chi connectivity index (χ3n) is 3.52. The highest BCUT2D eigenvalue weighted by Crippen LogP contribution is 2.23. The average Bonchev–Trinajstić information content (AvgIpc) is 3.29. The van der Waals surface area contributed by atoms with E-state index in [9.17, 15) is 4.79 Å². The number of ether oxygens (including phenoxy) is 1. The Labute approximate surface area is 146 Å². The number of hydrogen-bond donors (Lipinski definition) is 1. The number of fused-ring (bicyclic) bond motifs is 1. The lowest BCUT2D eigenvalue weighted by Gasteiger charge is -2.06. The Bertz CT molecular complexity index is 988. The van der Waals surface area contributed by atoms with Gasteiger partial charge in [0.05, 0.1) is 5.69 Å². The van der Waals surface area contributed by atoms with Crippen LogP contribution in [0.15, 0.2) is 52.6 Å². The van der Waals surface area contributed by atoms with Crippen molar-refractivity contribution < 1.29 is 14.1 Å². The minimum Gasteiger partial charge on any atom is -0.465 e. The highest BCUT2D eigenvalue weighted by Gasteiger charge is 2.08. The molecule has 1 aromatic carbocycles. The molecule has 0 spiro atoms. The molecule has 7 nitrogen and oxygen atoms in total. The molecule has 25 heavy (non-hydrogen) atoms. The number of hydrogen-bond acceptors (Lipinski definition) is 6. The first-order valence-corrected chi connectivity index (χ1v) is 8.44. The number of carbonyl (C=O) groups is 1. The van der Waals surface area contributed by atoms with Crippen LogP contribution in [0.1, 0.15) is 5.76 Å². The summed E-state index contributed by atoms with van der Waals surface area (Å²) in [4.78, 5) is 17.4. The van der Waals surface area contributed by atoms with Crippen molar-refractivity contribution in [3.8, 4) is 17.1 Å². The average molecular weight is 354 g/mol. The minimum absolute atomic E-state index is 0.134. The Hall–Kier alpha value is -3.13. The number of nitrogens with one attached hydrogen (secondary N) is 1. The summed E-state index contributed by atoms with van der Waals surface area (Å²) in [5.74, 6) is 0.656. The number of imidazole rings is 1. The maximum absolute atomic E-state index is 11.9. The summed E-state index contributed by atoms with van der Waals surface area (Å²) >= 11 is 1.59. The van der Waals surface area contributed by atoms with E-state index >= 15 is 0 Å². The van der Waals surface area contributed by atoms with Crippen molar-refractivity contribution in [3.63, 3.8) is 0 Å². The van der Waals surface area contributed by atoms with E-state index in [-0.39, 0.29) is 12.5 Å². The van der Waals surface area contributed by atoms with E-state index in [0.717, 1.165) is 16.2 Å². The lowest BCUT2D eigenvalue weighted by molar-refractivity contribution is -0.118. The van der Waals surface area contributed by atoms with Gasteiger partial charge in [0.2, 0.25) is 0 Å². The van der Waals surface area contributed by atoms with E-state index in [1.807, 2.05) is 46.4 Å². The molecule has 3 heterocycles. The maximum Gasteiger partial charge on any atom is 0.262 e. The summed E-state index contributed by atoms with van der Waals surface area (Å²) in [6.07, 6.45) is 3.95. The fraction of sp³-hybridized carbons (Fsp3) is 0.118. The van der Waals surface area contributed by atoms with Crippen LogP contribution in [0.4, 0.5) is 5.69 Å². The van der Waals surface area contributed by atoms with Gasteiger partial charge in [0, 0.05) is 35.1 Å². The summed E-state index contributed by atoms with van der Waals surface area (Å²) in [5.41, 5.74) is 2.58. The van der Waals surface area contributed by atoms with Crippen molar-refractivity contribution in [2.24, 2.45) is 0 Å². The third-order valence-corrected chi connectivity index (χ3v) is 4.29. The van der Waals surface area contributed by atoms with Crippen LogP contribution in [0.2, 0.25) is 0 Å². The molecule has 0 aliphatic carbocycles. The summed E-state index contributed by atoms with van der Waals surface area (Å²) in [5, 5.41) is 8.43. The number of nitrogens with zero attached hydrogens (tertiary/aromatic N) is 3. The van der Waals surface area contributed by atoms with Crippen molar-refractivity contribution in [1.82, 2.24) is 14.5 Å². The van der Waals surface area contributed by atoms with Gasteiger partial charge in [-0.1, -0.05) is 12.1 Å². The molecule has 1 amide bonds. The first-order chi connectivity index (χ1) is 12.2. The molecule has 0 unspecified atom stereocenters. The zero-order chi connectivity index (χ0) is 17.2. The Balaban J connectivity index is 1.38. The molecule has 1 N–H and O–H groups in total. The lowest BCUT2D eigenvalue weighted by atomic mass is 10.1. The molecule has 8 heteroatoms. The summed E-state index contributed by atoms with van der Waals surface area (Å²) in [6.45, 7) is 1.62. The van der Waals surface area contributed by atoms with Gasteiger partial charge in [-0.25, -0.2) is 4.98 Å². The minimum atomic E-state index is -0.268. The van der Waals surface area contributed by atoms with Gasteiger partial charge in [0.15, 0.2) is 11.6 Å². The normalized spacial score (nSPS) is 10.9. The van der Waals surface area contributed by atoms with Gasteiger partial charge >= 0.3 is 0 Å². The Morgan fingerprint density at radius 3 is 2.92 bits per heavy atom. The Morgan fingerprint density at radius 2 is 2.20 bits per heavy atom. The van der Waals surface area contributed by atoms with Crippen LogP contribution in [-0.2, 0) is 4.79 Å². The SMILES string of the molecule is Cc1cc(OCC(=O)Nc2ccc(-c3cn4ccsc4n3)cc2)no1.